The number of hydrogen-bond acceptors (Lipinski definition) is 6. The van der Waals surface area contributed by atoms with Gasteiger partial charge in [-0.3, -0.25) is 9.69 Å². The Morgan fingerprint density at radius 1 is 1.10 bits per heavy atom. The molecule has 6 heteroatoms. The van der Waals surface area contributed by atoms with Crippen molar-refractivity contribution in [1.82, 2.24) is 4.90 Å². The summed E-state index contributed by atoms with van der Waals surface area (Å²) < 4.78 is 11.5. The molecule has 1 aliphatic heterocycles. The molecule has 1 atom stereocenters. The van der Waals surface area contributed by atoms with Crippen LogP contribution in [0.15, 0.2) is 51.7 Å². The SMILES string of the molecule is Cc1c(-c2ccccc2C(C)N2CCOCC2)oc2c(C(=O)[O-])cccc2c1=O. The van der Waals surface area contributed by atoms with E-state index in [1.165, 1.54) is 12.1 Å². The molecule has 2 aromatic carbocycles. The van der Waals surface area contributed by atoms with Gasteiger partial charge in [0.2, 0.25) is 0 Å². The summed E-state index contributed by atoms with van der Waals surface area (Å²) in [5.41, 5.74) is 1.95. The Morgan fingerprint density at radius 2 is 1.83 bits per heavy atom. The highest BCUT2D eigenvalue weighted by atomic mass is 16.5. The van der Waals surface area contributed by atoms with Crippen molar-refractivity contribution in [3.05, 3.63) is 69.4 Å². The van der Waals surface area contributed by atoms with Gasteiger partial charge in [0.15, 0.2) is 5.43 Å². The van der Waals surface area contributed by atoms with E-state index in [0.717, 1.165) is 24.2 Å². The standard InChI is InChI=1S/C23H23NO5/c1-14-20(25)18-8-5-9-19(23(26)27)22(18)29-21(14)17-7-4-3-6-16(17)15(2)24-10-12-28-13-11-24/h3-9,15H,10-13H2,1-2H3,(H,26,27)/p-1. The number of carboxylic acid groups (broad SMARTS) is 1. The van der Waals surface area contributed by atoms with Crippen LogP contribution in [0.3, 0.4) is 0 Å². The summed E-state index contributed by atoms with van der Waals surface area (Å²) in [6, 6.07) is 12.4. The molecular weight excluding hydrogens is 370 g/mol. The van der Waals surface area contributed by atoms with Crippen LogP contribution in [-0.2, 0) is 4.74 Å². The van der Waals surface area contributed by atoms with Crippen LogP contribution in [0.2, 0.25) is 0 Å². The minimum Gasteiger partial charge on any atom is -0.545 e. The largest absolute Gasteiger partial charge is 0.545 e. The molecule has 150 valence electrons. The van der Waals surface area contributed by atoms with Crippen molar-refractivity contribution in [2.45, 2.75) is 19.9 Å². The highest BCUT2D eigenvalue weighted by Crippen LogP contribution is 2.34. The van der Waals surface area contributed by atoms with E-state index < -0.39 is 5.97 Å². The number of aromatic carboxylic acids is 1. The van der Waals surface area contributed by atoms with E-state index in [1.807, 2.05) is 24.3 Å². The number of carbonyl (C=O) groups is 1. The van der Waals surface area contributed by atoms with Crippen molar-refractivity contribution in [1.29, 1.82) is 0 Å². The average Bonchev–Trinajstić information content (AvgIpc) is 2.76. The van der Waals surface area contributed by atoms with E-state index in [4.69, 9.17) is 9.15 Å². The Balaban J connectivity index is 1.92. The van der Waals surface area contributed by atoms with Crippen molar-refractivity contribution >= 4 is 16.9 Å². The van der Waals surface area contributed by atoms with Gasteiger partial charge in [-0.15, -0.1) is 0 Å². The van der Waals surface area contributed by atoms with E-state index >= 15 is 0 Å². The summed E-state index contributed by atoms with van der Waals surface area (Å²) >= 11 is 0. The molecule has 4 rings (SSSR count). The van der Waals surface area contributed by atoms with Gasteiger partial charge >= 0.3 is 0 Å². The molecule has 1 unspecified atom stereocenters. The third-order valence-electron chi connectivity index (χ3n) is 5.61. The number of benzene rings is 2. The monoisotopic (exact) mass is 392 g/mol. The molecule has 0 radical (unpaired) electrons. The smallest absolute Gasteiger partial charge is 0.196 e. The molecule has 2 heterocycles. The Hall–Kier alpha value is -2.96. The summed E-state index contributed by atoms with van der Waals surface area (Å²) in [5.74, 6) is -0.976. The number of hydrogen-bond donors (Lipinski definition) is 0. The van der Waals surface area contributed by atoms with Crippen molar-refractivity contribution in [3.8, 4) is 11.3 Å². The van der Waals surface area contributed by atoms with Gasteiger partial charge < -0.3 is 19.1 Å². The summed E-state index contributed by atoms with van der Waals surface area (Å²) in [4.78, 5) is 26.9. The maximum Gasteiger partial charge on any atom is 0.196 e. The van der Waals surface area contributed by atoms with E-state index in [9.17, 15) is 14.7 Å². The summed E-state index contributed by atoms with van der Waals surface area (Å²) in [5, 5.41) is 11.8. The maximum absolute atomic E-state index is 13.0. The van der Waals surface area contributed by atoms with Crippen molar-refractivity contribution in [2.75, 3.05) is 26.3 Å². The van der Waals surface area contributed by atoms with Gasteiger partial charge in [-0.25, -0.2) is 0 Å². The number of para-hydroxylation sites is 1. The predicted molar refractivity (Wildman–Crippen MR) is 108 cm³/mol. The second-order valence-electron chi connectivity index (χ2n) is 7.27. The third kappa shape index (κ3) is 3.45. The first-order valence-electron chi connectivity index (χ1n) is 9.68. The fourth-order valence-electron chi connectivity index (χ4n) is 3.96. The lowest BCUT2D eigenvalue weighted by atomic mass is 9.95. The molecule has 0 spiro atoms. The first-order chi connectivity index (χ1) is 14.0. The minimum atomic E-state index is -1.37. The molecule has 29 heavy (non-hydrogen) atoms. The van der Waals surface area contributed by atoms with Crippen LogP contribution in [0.5, 0.6) is 0 Å². The van der Waals surface area contributed by atoms with Crippen LogP contribution in [0.25, 0.3) is 22.3 Å². The second-order valence-corrected chi connectivity index (χ2v) is 7.27. The lowest BCUT2D eigenvalue weighted by Crippen LogP contribution is -2.38. The molecular formula is C23H22NO5-. The van der Waals surface area contributed by atoms with Crippen LogP contribution in [-0.4, -0.2) is 37.2 Å². The number of morpholine rings is 1. The second kappa shape index (κ2) is 7.81. The molecule has 0 amide bonds. The predicted octanol–water partition coefficient (Wildman–Crippen LogP) is 2.53. The van der Waals surface area contributed by atoms with Gasteiger partial charge in [-0.2, -0.15) is 0 Å². The Labute approximate surface area is 168 Å². The summed E-state index contributed by atoms with van der Waals surface area (Å²) in [7, 11) is 0. The number of carboxylic acids is 1. The zero-order valence-corrected chi connectivity index (χ0v) is 16.4. The van der Waals surface area contributed by atoms with Crippen molar-refractivity contribution in [2.24, 2.45) is 0 Å². The third-order valence-corrected chi connectivity index (χ3v) is 5.61. The van der Waals surface area contributed by atoms with Gasteiger partial charge in [0.1, 0.15) is 11.3 Å². The van der Waals surface area contributed by atoms with E-state index in [-0.39, 0.29) is 28.0 Å². The number of carbonyl (C=O) groups excluding carboxylic acids is 1. The first kappa shape index (κ1) is 19.4. The van der Waals surface area contributed by atoms with Crippen LogP contribution in [0.4, 0.5) is 0 Å². The Bertz CT molecular complexity index is 1130. The topological polar surface area (TPSA) is 82.8 Å². The highest BCUT2D eigenvalue weighted by molar-refractivity contribution is 6.00. The number of rotatable bonds is 4. The summed E-state index contributed by atoms with van der Waals surface area (Å²) in [6.07, 6.45) is 0. The lowest BCUT2D eigenvalue weighted by molar-refractivity contribution is -0.254. The first-order valence-corrected chi connectivity index (χ1v) is 9.68. The van der Waals surface area contributed by atoms with Gasteiger partial charge in [0.05, 0.1) is 24.6 Å². The molecule has 0 saturated carbocycles. The molecule has 1 fully saturated rings. The van der Waals surface area contributed by atoms with Crippen LogP contribution >= 0.6 is 0 Å². The molecule has 1 saturated heterocycles. The molecule has 0 N–H and O–H groups in total. The molecule has 0 bridgehead atoms. The quantitative estimate of drug-likeness (QED) is 0.679. The fraction of sp³-hybridized carbons (Fsp3) is 0.304. The van der Waals surface area contributed by atoms with E-state index in [0.29, 0.717) is 24.5 Å². The van der Waals surface area contributed by atoms with Crippen molar-refractivity contribution < 1.29 is 19.1 Å². The number of fused-ring (bicyclic) bond motifs is 1. The summed E-state index contributed by atoms with van der Waals surface area (Å²) in [6.45, 7) is 6.85. The number of nitrogens with zero attached hydrogens (tertiary/aromatic N) is 1. The zero-order chi connectivity index (χ0) is 20.5. The zero-order valence-electron chi connectivity index (χ0n) is 16.4. The minimum absolute atomic E-state index is 0.0481. The fourth-order valence-corrected chi connectivity index (χ4v) is 3.96. The van der Waals surface area contributed by atoms with Gasteiger partial charge in [0.25, 0.3) is 0 Å². The van der Waals surface area contributed by atoms with Crippen LogP contribution < -0.4 is 10.5 Å². The molecule has 3 aromatic rings. The van der Waals surface area contributed by atoms with Crippen molar-refractivity contribution in [3.63, 3.8) is 0 Å². The van der Waals surface area contributed by atoms with Crippen LogP contribution in [0, 0.1) is 6.92 Å². The normalized spacial score (nSPS) is 16.1. The van der Waals surface area contributed by atoms with Gasteiger partial charge in [-0.05, 0) is 31.5 Å². The average molecular weight is 392 g/mol. The van der Waals surface area contributed by atoms with E-state index in [1.54, 1.807) is 13.0 Å². The van der Waals surface area contributed by atoms with E-state index in [2.05, 4.69) is 11.8 Å². The molecule has 0 aliphatic carbocycles. The van der Waals surface area contributed by atoms with Gasteiger partial charge in [0, 0.05) is 35.8 Å². The highest BCUT2D eigenvalue weighted by Gasteiger charge is 2.24. The number of ether oxygens (including phenoxy) is 1. The maximum atomic E-state index is 13.0. The van der Waals surface area contributed by atoms with Crippen LogP contribution in [0.1, 0.15) is 34.5 Å². The molecule has 1 aromatic heterocycles. The van der Waals surface area contributed by atoms with Gasteiger partial charge in [-0.1, -0.05) is 30.3 Å². The Morgan fingerprint density at radius 3 is 2.55 bits per heavy atom. The Kier molecular flexibility index (Phi) is 5.22. The lowest BCUT2D eigenvalue weighted by Gasteiger charge is -2.33. The molecule has 6 nitrogen and oxygen atoms in total. The molecule has 1 aliphatic rings.